The molecule has 4 heteroatoms. The van der Waals surface area contributed by atoms with Crippen LogP contribution in [-0.2, 0) is 9.59 Å². The second-order valence-electron chi connectivity index (χ2n) is 2.43. The third kappa shape index (κ3) is 1.26. The maximum absolute atomic E-state index is 10.5. The SMILES string of the molecule is NC(=O)C1CCN([C]=O)C1. The number of hydrogen-bond donors (Lipinski definition) is 1. The highest BCUT2D eigenvalue weighted by Crippen LogP contribution is 2.12. The lowest BCUT2D eigenvalue weighted by atomic mass is 10.1. The summed E-state index contributed by atoms with van der Waals surface area (Å²) >= 11 is 0. The Bertz CT molecular complexity index is 158. The Labute approximate surface area is 59.0 Å². The van der Waals surface area contributed by atoms with Crippen molar-refractivity contribution >= 4 is 12.3 Å². The Morgan fingerprint density at radius 3 is 2.70 bits per heavy atom. The summed E-state index contributed by atoms with van der Waals surface area (Å²) in [7, 11) is 0. The standard InChI is InChI=1S/C6H9N2O2/c7-6(10)5-1-2-8(3-5)4-9/h5H,1-3H2,(H2,7,10). The van der Waals surface area contributed by atoms with Crippen molar-refractivity contribution in [1.82, 2.24) is 4.90 Å². The molecule has 0 aliphatic carbocycles. The fourth-order valence-corrected chi connectivity index (χ4v) is 1.08. The first kappa shape index (κ1) is 7.05. The van der Waals surface area contributed by atoms with Gasteiger partial charge in [-0.3, -0.25) is 9.59 Å². The summed E-state index contributed by atoms with van der Waals surface area (Å²) in [5.41, 5.74) is 5.02. The fraction of sp³-hybridized carbons (Fsp3) is 0.667. The van der Waals surface area contributed by atoms with E-state index in [1.165, 1.54) is 4.90 Å². The molecular formula is C6H9N2O2. The second kappa shape index (κ2) is 2.68. The summed E-state index contributed by atoms with van der Waals surface area (Å²) in [6, 6.07) is 0. The number of hydrogen-bond acceptors (Lipinski definition) is 2. The Hall–Kier alpha value is -1.06. The number of primary amides is 1. The van der Waals surface area contributed by atoms with Crippen LogP contribution < -0.4 is 5.73 Å². The molecule has 1 saturated heterocycles. The smallest absolute Gasteiger partial charge is 0.312 e. The molecular weight excluding hydrogens is 132 g/mol. The molecule has 0 aromatic carbocycles. The minimum absolute atomic E-state index is 0.151. The van der Waals surface area contributed by atoms with Crippen molar-refractivity contribution in [2.75, 3.05) is 13.1 Å². The maximum Gasteiger partial charge on any atom is 0.312 e. The van der Waals surface area contributed by atoms with Crippen molar-refractivity contribution in [3.8, 4) is 0 Å². The predicted molar refractivity (Wildman–Crippen MR) is 34.6 cm³/mol. The summed E-state index contributed by atoms with van der Waals surface area (Å²) < 4.78 is 0. The zero-order valence-corrected chi connectivity index (χ0v) is 5.54. The molecule has 1 aliphatic rings. The average molecular weight is 141 g/mol. The second-order valence-corrected chi connectivity index (χ2v) is 2.43. The van der Waals surface area contributed by atoms with Gasteiger partial charge in [0.15, 0.2) is 0 Å². The van der Waals surface area contributed by atoms with Gasteiger partial charge in [-0.05, 0) is 6.42 Å². The molecule has 4 nitrogen and oxygen atoms in total. The summed E-state index contributed by atoms with van der Waals surface area (Å²) in [5.74, 6) is -0.473. The first-order chi connectivity index (χ1) is 4.74. The zero-order chi connectivity index (χ0) is 7.56. The summed E-state index contributed by atoms with van der Waals surface area (Å²) in [5, 5.41) is 0. The van der Waals surface area contributed by atoms with Crippen LogP contribution in [0.25, 0.3) is 0 Å². The molecule has 1 fully saturated rings. The lowest BCUT2D eigenvalue weighted by Gasteiger charge is -2.04. The van der Waals surface area contributed by atoms with E-state index in [0.717, 1.165) is 0 Å². The van der Waals surface area contributed by atoms with E-state index in [1.54, 1.807) is 6.41 Å². The van der Waals surface area contributed by atoms with Crippen molar-refractivity contribution in [1.29, 1.82) is 0 Å². The summed E-state index contributed by atoms with van der Waals surface area (Å²) in [4.78, 5) is 22.0. The lowest BCUT2D eigenvalue weighted by molar-refractivity contribution is -0.121. The number of likely N-dealkylation sites (tertiary alicyclic amines) is 1. The molecule has 55 valence electrons. The topological polar surface area (TPSA) is 63.4 Å². The van der Waals surface area contributed by atoms with Gasteiger partial charge >= 0.3 is 6.41 Å². The van der Waals surface area contributed by atoms with Crippen molar-refractivity contribution in [3.05, 3.63) is 0 Å². The first-order valence-electron chi connectivity index (χ1n) is 3.16. The lowest BCUT2D eigenvalue weighted by Crippen LogP contribution is -2.26. The van der Waals surface area contributed by atoms with Crippen LogP contribution in [-0.4, -0.2) is 30.3 Å². The van der Waals surface area contributed by atoms with Crippen LogP contribution in [0.5, 0.6) is 0 Å². The van der Waals surface area contributed by atoms with E-state index in [1.807, 2.05) is 0 Å². The molecule has 1 atom stereocenters. The molecule has 2 amide bonds. The molecule has 1 aliphatic heterocycles. The van der Waals surface area contributed by atoms with Crippen molar-refractivity contribution < 1.29 is 9.59 Å². The Balaban J connectivity index is 2.42. The highest BCUT2D eigenvalue weighted by atomic mass is 16.1. The van der Waals surface area contributed by atoms with E-state index in [0.29, 0.717) is 19.5 Å². The van der Waals surface area contributed by atoms with E-state index in [4.69, 9.17) is 5.73 Å². The van der Waals surface area contributed by atoms with Gasteiger partial charge in [0.1, 0.15) is 0 Å². The van der Waals surface area contributed by atoms with Gasteiger partial charge in [0.2, 0.25) is 5.91 Å². The van der Waals surface area contributed by atoms with Crippen LogP contribution >= 0.6 is 0 Å². The van der Waals surface area contributed by atoms with Gasteiger partial charge in [0.25, 0.3) is 0 Å². The molecule has 1 unspecified atom stereocenters. The van der Waals surface area contributed by atoms with Crippen molar-refractivity contribution in [2.45, 2.75) is 6.42 Å². The van der Waals surface area contributed by atoms with Crippen LogP contribution in [0.3, 0.4) is 0 Å². The minimum atomic E-state index is -0.322. The molecule has 0 saturated carbocycles. The molecule has 1 heterocycles. The quantitative estimate of drug-likeness (QED) is 0.528. The molecule has 10 heavy (non-hydrogen) atoms. The Kier molecular flexibility index (Phi) is 1.89. The number of amides is 2. The third-order valence-corrected chi connectivity index (χ3v) is 1.72. The Morgan fingerprint density at radius 2 is 2.40 bits per heavy atom. The summed E-state index contributed by atoms with van der Waals surface area (Å²) in [6.45, 7) is 1.05. The van der Waals surface area contributed by atoms with Gasteiger partial charge in [-0.2, -0.15) is 0 Å². The number of carbonyl (C=O) groups excluding carboxylic acids is 2. The fourth-order valence-electron chi connectivity index (χ4n) is 1.08. The van der Waals surface area contributed by atoms with Gasteiger partial charge < -0.3 is 10.6 Å². The number of nitrogens with two attached hydrogens (primary N) is 1. The third-order valence-electron chi connectivity index (χ3n) is 1.72. The maximum atomic E-state index is 10.5. The van der Waals surface area contributed by atoms with Crippen LogP contribution in [0, 0.1) is 5.92 Å². The molecule has 0 aromatic heterocycles. The van der Waals surface area contributed by atoms with Crippen LogP contribution in [0.1, 0.15) is 6.42 Å². The molecule has 1 radical (unpaired) electrons. The normalized spacial score (nSPS) is 24.8. The molecule has 0 spiro atoms. The van der Waals surface area contributed by atoms with Crippen molar-refractivity contribution in [3.63, 3.8) is 0 Å². The van der Waals surface area contributed by atoms with E-state index in [9.17, 15) is 9.59 Å². The number of carbonyl (C=O) groups is 1. The van der Waals surface area contributed by atoms with Gasteiger partial charge in [-0.25, -0.2) is 0 Å². The van der Waals surface area contributed by atoms with Gasteiger partial charge in [0, 0.05) is 13.1 Å². The highest BCUT2D eigenvalue weighted by molar-refractivity contribution is 5.77. The van der Waals surface area contributed by atoms with E-state index >= 15 is 0 Å². The molecule has 1 rings (SSSR count). The van der Waals surface area contributed by atoms with E-state index in [-0.39, 0.29) is 11.8 Å². The van der Waals surface area contributed by atoms with E-state index in [2.05, 4.69) is 0 Å². The molecule has 0 aromatic rings. The average Bonchev–Trinajstić information content (AvgIpc) is 2.34. The van der Waals surface area contributed by atoms with Crippen LogP contribution in [0.2, 0.25) is 0 Å². The number of rotatable bonds is 2. The molecule has 2 N–H and O–H groups in total. The van der Waals surface area contributed by atoms with E-state index < -0.39 is 0 Å². The Morgan fingerprint density at radius 1 is 1.70 bits per heavy atom. The number of nitrogens with zero attached hydrogens (tertiary/aromatic N) is 1. The monoisotopic (exact) mass is 141 g/mol. The van der Waals surface area contributed by atoms with Crippen LogP contribution in [0.15, 0.2) is 0 Å². The first-order valence-corrected chi connectivity index (χ1v) is 3.16. The largest absolute Gasteiger partial charge is 0.369 e. The molecule has 0 bridgehead atoms. The van der Waals surface area contributed by atoms with Crippen LogP contribution in [0.4, 0.5) is 0 Å². The van der Waals surface area contributed by atoms with Crippen molar-refractivity contribution in [2.24, 2.45) is 11.7 Å². The van der Waals surface area contributed by atoms with Gasteiger partial charge in [-0.15, -0.1) is 0 Å². The highest BCUT2D eigenvalue weighted by Gasteiger charge is 2.25. The van der Waals surface area contributed by atoms with Gasteiger partial charge in [-0.1, -0.05) is 0 Å². The van der Waals surface area contributed by atoms with Gasteiger partial charge in [0.05, 0.1) is 5.92 Å². The minimum Gasteiger partial charge on any atom is -0.369 e. The predicted octanol–water partition coefficient (Wildman–Crippen LogP) is -1.14. The zero-order valence-electron chi connectivity index (χ0n) is 5.54. The summed E-state index contributed by atoms with van der Waals surface area (Å²) in [6.07, 6.45) is 2.41.